The molecule has 0 radical (unpaired) electrons. The van der Waals surface area contributed by atoms with Gasteiger partial charge in [-0.1, -0.05) is 32.0 Å². The number of nitrogens with one attached hydrogen (secondary N) is 2. The minimum Gasteiger partial charge on any atom is -0.388 e. The highest BCUT2D eigenvalue weighted by Gasteiger charge is 2.46. The monoisotopic (exact) mass is 562 g/mol. The van der Waals surface area contributed by atoms with Gasteiger partial charge in [0.05, 0.1) is 23.4 Å². The molecule has 2 aromatic carbocycles. The van der Waals surface area contributed by atoms with Crippen LogP contribution >= 0.6 is 0 Å². The number of aromatic nitrogens is 2. The molecule has 3 aromatic rings. The molecule has 0 saturated carbocycles. The predicted molar refractivity (Wildman–Crippen MR) is 155 cm³/mol. The Morgan fingerprint density at radius 3 is 2.49 bits per heavy atom. The van der Waals surface area contributed by atoms with Crippen LogP contribution in [-0.2, 0) is 11.2 Å². The number of hydrogen-bond acceptors (Lipinski definition) is 5. The van der Waals surface area contributed by atoms with E-state index in [9.17, 15) is 23.9 Å². The molecule has 2 heterocycles. The maximum Gasteiger partial charge on any atom is 0.267 e. The van der Waals surface area contributed by atoms with Gasteiger partial charge in [0.25, 0.3) is 11.5 Å². The fraction of sp³-hybridized carbons (Fsp3) is 0.438. The molecule has 8 nitrogen and oxygen atoms in total. The Balaban J connectivity index is 1.58. The maximum atomic E-state index is 14.1. The van der Waals surface area contributed by atoms with Crippen LogP contribution < -0.4 is 10.9 Å². The summed E-state index contributed by atoms with van der Waals surface area (Å²) in [4.78, 5) is 41.4. The summed E-state index contributed by atoms with van der Waals surface area (Å²) < 4.78 is 14.1. The van der Waals surface area contributed by atoms with Crippen molar-refractivity contribution in [2.45, 2.75) is 84.5 Å². The lowest BCUT2D eigenvalue weighted by atomic mass is 9.94. The molecule has 1 aromatic heterocycles. The normalized spacial score (nSPS) is 18.0. The van der Waals surface area contributed by atoms with E-state index in [4.69, 9.17) is 0 Å². The number of amides is 2. The topological polar surface area (TPSA) is 115 Å². The summed E-state index contributed by atoms with van der Waals surface area (Å²) in [6.07, 6.45) is 1.52. The molecule has 1 aliphatic heterocycles. The van der Waals surface area contributed by atoms with E-state index >= 15 is 0 Å². The molecular weight excluding hydrogens is 523 g/mol. The zero-order valence-electron chi connectivity index (χ0n) is 24.5. The van der Waals surface area contributed by atoms with Crippen molar-refractivity contribution in [3.05, 3.63) is 98.2 Å². The number of nitrogens with zero attached hydrogens (tertiary/aromatic N) is 2. The van der Waals surface area contributed by atoms with Gasteiger partial charge in [0.1, 0.15) is 11.9 Å². The summed E-state index contributed by atoms with van der Waals surface area (Å²) in [5.74, 6) is -1.35. The highest BCUT2D eigenvalue weighted by atomic mass is 19.1. The van der Waals surface area contributed by atoms with Gasteiger partial charge in [0, 0.05) is 17.5 Å². The first-order valence-electron chi connectivity index (χ1n) is 14.0. The molecule has 1 fully saturated rings. The molecule has 2 amide bonds. The molecule has 9 heteroatoms. The highest BCUT2D eigenvalue weighted by molar-refractivity contribution is 5.98. The summed E-state index contributed by atoms with van der Waals surface area (Å²) in [7, 11) is 0. The van der Waals surface area contributed by atoms with Crippen molar-refractivity contribution in [3.63, 3.8) is 0 Å². The van der Waals surface area contributed by atoms with Crippen LogP contribution in [0.5, 0.6) is 0 Å². The molecule has 0 spiro atoms. The molecule has 218 valence electrons. The van der Waals surface area contributed by atoms with Gasteiger partial charge in [-0.3, -0.25) is 14.4 Å². The minimum atomic E-state index is -1.19. The van der Waals surface area contributed by atoms with E-state index in [1.807, 2.05) is 26.8 Å². The Morgan fingerprint density at radius 1 is 1.12 bits per heavy atom. The summed E-state index contributed by atoms with van der Waals surface area (Å²) in [6.45, 7) is 10.7. The maximum absolute atomic E-state index is 14.1. The third-order valence-corrected chi connectivity index (χ3v) is 7.90. The van der Waals surface area contributed by atoms with Crippen LogP contribution in [0.1, 0.15) is 84.9 Å². The van der Waals surface area contributed by atoms with Crippen molar-refractivity contribution in [3.8, 4) is 0 Å². The Labute approximate surface area is 240 Å². The lowest BCUT2D eigenvalue weighted by Crippen LogP contribution is -2.56. The number of hydrogen-bond donors (Lipinski definition) is 3. The van der Waals surface area contributed by atoms with Crippen LogP contribution in [-0.4, -0.2) is 49.7 Å². The Kier molecular flexibility index (Phi) is 8.77. The fourth-order valence-corrected chi connectivity index (χ4v) is 5.68. The third kappa shape index (κ3) is 6.73. The Bertz CT molecular complexity index is 1490. The van der Waals surface area contributed by atoms with Crippen molar-refractivity contribution >= 4 is 11.8 Å². The van der Waals surface area contributed by atoms with Crippen molar-refractivity contribution in [1.29, 1.82) is 0 Å². The Morgan fingerprint density at radius 2 is 1.85 bits per heavy atom. The van der Waals surface area contributed by atoms with Gasteiger partial charge >= 0.3 is 0 Å². The van der Waals surface area contributed by atoms with Gasteiger partial charge in [0.15, 0.2) is 0 Å². The lowest BCUT2D eigenvalue weighted by Gasteiger charge is -2.39. The first-order valence-corrected chi connectivity index (χ1v) is 14.0. The molecule has 1 unspecified atom stereocenters. The van der Waals surface area contributed by atoms with Gasteiger partial charge in [-0.15, -0.1) is 0 Å². The van der Waals surface area contributed by atoms with Crippen LogP contribution in [0.3, 0.4) is 0 Å². The Hall–Kier alpha value is -3.85. The second-order valence-corrected chi connectivity index (χ2v) is 11.9. The number of likely N-dealkylation sites (tertiary alicyclic amines) is 1. The summed E-state index contributed by atoms with van der Waals surface area (Å²) in [6, 6.07) is 11.4. The van der Waals surface area contributed by atoms with E-state index in [2.05, 4.69) is 15.5 Å². The van der Waals surface area contributed by atoms with E-state index in [1.165, 1.54) is 12.1 Å². The molecule has 4 rings (SSSR count). The average Bonchev–Trinajstić information content (AvgIpc) is 3.36. The zero-order chi connectivity index (χ0) is 30.1. The quantitative estimate of drug-likeness (QED) is 0.377. The minimum absolute atomic E-state index is 0.246. The van der Waals surface area contributed by atoms with Crippen molar-refractivity contribution < 1.29 is 19.1 Å². The summed E-state index contributed by atoms with van der Waals surface area (Å²) in [5, 5.41) is 20.3. The van der Waals surface area contributed by atoms with E-state index in [0.29, 0.717) is 41.6 Å². The van der Waals surface area contributed by atoms with E-state index < -0.39 is 35.5 Å². The number of aromatic amines is 1. The third-order valence-electron chi connectivity index (χ3n) is 7.90. The number of aliphatic hydroxyl groups is 1. The fourth-order valence-electron chi connectivity index (χ4n) is 5.68. The second kappa shape index (κ2) is 11.9. The number of carbonyl (C=O) groups is 2. The smallest absolute Gasteiger partial charge is 0.267 e. The standard InChI is InChI=1S/C32H39FN4O4/c1-18(2)28(31(40)37-26(12-13-27(37)32(5,6)41)22-8-7-9-25(33)17-22)34-29(38)23-11-10-21(19(3)14-23)16-24-15-20(4)35-36-30(24)39/h7-11,14-15,17-18,26-28,41H,12-13,16H2,1-6H3,(H,34,38)(H,36,39)/t26-,27+,28?/m0/s1. The van der Waals surface area contributed by atoms with Crippen molar-refractivity contribution in [1.82, 2.24) is 20.4 Å². The van der Waals surface area contributed by atoms with E-state index in [0.717, 1.165) is 11.1 Å². The predicted octanol–water partition coefficient (Wildman–Crippen LogP) is 4.37. The van der Waals surface area contributed by atoms with Gasteiger partial charge in [-0.2, -0.15) is 5.10 Å². The van der Waals surface area contributed by atoms with E-state index in [1.54, 1.807) is 56.0 Å². The van der Waals surface area contributed by atoms with Crippen LogP contribution in [0.2, 0.25) is 0 Å². The number of rotatable bonds is 8. The molecule has 1 saturated heterocycles. The van der Waals surface area contributed by atoms with Gasteiger partial charge in [-0.25, -0.2) is 9.49 Å². The molecule has 3 N–H and O–H groups in total. The summed E-state index contributed by atoms with van der Waals surface area (Å²) >= 11 is 0. The van der Waals surface area contributed by atoms with Gasteiger partial charge < -0.3 is 15.3 Å². The van der Waals surface area contributed by atoms with Crippen LogP contribution in [0.15, 0.2) is 53.3 Å². The van der Waals surface area contributed by atoms with Crippen molar-refractivity contribution in [2.75, 3.05) is 0 Å². The highest BCUT2D eigenvalue weighted by Crippen LogP contribution is 2.41. The lowest BCUT2D eigenvalue weighted by molar-refractivity contribution is -0.142. The average molecular weight is 563 g/mol. The SMILES string of the molecule is Cc1cc(Cc2ccc(C(=O)NC(C(=O)N3[C@H](c4cccc(F)c4)CC[C@@H]3C(C)(C)O)C(C)C)cc2C)c(=O)[nH]n1. The van der Waals surface area contributed by atoms with Crippen molar-refractivity contribution in [2.24, 2.45) is 5.92 Å². The largest absolute Gasteiger partial charge is 0.388 e. The molecule has 1 aliphatic rings. The molecule has 0 aliphatic carbocycles. The molecule has 41 heavy (non-hydrogen) atoms. The van der Waals surface area contributed by atoms with Gasteiger partial charge in [-0.05, 0) is 93.5 Å². The number of benzene rings is 2. The van der Waals surface area contributed by atoms with Gasteiger partial charge in [0.2, 0.25) is 5.91 Å². The molecular formula is C32H39FN4O4. The number of H-pyrrole nitrogens is 1. The van der Waals surface area contributed by atoms with Crippen LogP contribution in [0.25, 0.3) is 0 Å². The number of carbonyl (C=O) groups excluding carboxylic acids is 2. The van der Waals surface area contributed by atoms with Crippen LogP contribution in [0.4, 0.5) is 4.39 Å². The van der Waals surface area contributed by atoms with Crippen LogP contribution in [0, 0.1) is 25.6 Å². The van der Waals surface area contributed by atoms with E-state index in [-0.39, 0.29) is 17.4 Å². The summed E-state index contributed by atoms with van der Waals surface area (Å²) in [5.41, 5.74) is 2.65. The first kappa shape index (κ1) is 30.1. The molecule has 3 atom stereocenters. The zero-order valence-corrected chi connectivity index (χ0v) is 24.5. The molecule has 0 bridgehead atoms. The number of aryl methyl sites for hydroxylation is 2. The first-order chi connectivity index (χ1) is 19.3. The second-order valence-electron chi connectivity index (χ2n) is 11.9. The number of halogens is 1.